The van der Waals surface area contributed by atoms with Gasteiger partial charge in [-0.05, 0) is 50.3 Å². The van der Waals surface area contributed by atoms with Gasteiger partial charge in [0, 0.05) is 35.4 Å². The molecule has 0 saturated carbocycles. The molecule has 0 bridgehead atoms. The van der Waals surface area contributed by atoms with Crippen molar-refractivity contribution in [1.29, 1.82) is 0 Å². The zero-order valence-electron chi connectivity index (χ0n) is 18.4. The first-order chi connectivity index (χ1) is 14.9. The summed E-state index contributed by atoms with van der Waals surface area (Å²) in [5.74, 6) is 0.462. The average molecular weight is 426 g/mol. The Hall–Kier alpha value is -3.19. The third-order valence-electron chi connectivity index (χ3n) is 5.13. The fraction of sp³-hybridized carbons (Fsp3) is 0.333. The lowest BCUT2D eigenvalue weighted by Gasteiger charge is -2.19. The van der Waals surface area contributed by atoms with E-state index in [1.807, 2.05) is 0 Å². The molecular formula is C24H28FN3O3. The van der Waals surface area contributed by atoms with Gasteiger partial charge in [-0.25, -0.2) is 4.39 Å². The lowest BCUT2D eigenvalue weighted by Crippen LogP contribution is -2.28. The number of ether oxygens (including phenoxy) is 2. The number of rotatable bonds is 9. The predicted octanol–water partition coefficient (Wildman–Crippen LogP) is 4.66. The molecule has 0 spiro atoms. The molecule has 0 unspecified atom stereocenters. The van der Waals surface area contributed by atoms with Crippen LogP contribution in [0.2, 0.25) is 0 Å². The van der Waals surface area contributed by atoms with Gasteiger partial charge in [0.05, 0.1) is 18.2 Å². The summed E-state index contributed by atoms with van der Waals surface area (Å²) in [7, 11) is 1.58. The van der Waals surface area contributed by atoms with Crippen molar-refractivity contribution in [2.75, 3.05) is 38.7 Å². The number of amides is 1. The lowest BCUT2D eigenvalue weighted by molar-refractivity contribution is 0.102. The van der Waals surface area contributed by atoms with E-state index < -0.39 is 5.82 Å². The van der Waals surface area contributed by atoms with E-state index in [1.54, 1.807) is 44.4 Å². The quantitative estimate of drug-likeness (QED) is 0.540. The number of anilines is 1. The smallest absolute Gasteiger partial charge is 0.256 e. The molecular weight excluding hydrogens is 397 g/mol. The summed E-state index contributed by atoms with van der Waals surface area (Å²) in [5.41, 5.74) is 2.09. The lowest BCUT2D eigenvalue weighted by atomic mass is 10.1. The second-order valence-electron chi connectivity index (χ2n) is 7.17. The van der Waals surface area contributed by atoms with E-state index in [0.29, 0.717) is 46.0 Å². The SMILES string of the molecule is CCN(CC)CCOc1cc(NC(=O)c2cc(C)nc3cc(F)ccc23)ccc1OC. The van der Waals surface area contributed by atoms with Crippen molar-refractivity contribution >= 4 is 22.5 Å². The topological polar surface area (TPSA) is 63.7 Å². The third kappa shape index (κ3) is 5.49. The number of aryl methyl sites for hydroxylation is 1. The molecule has 0 atom stereocenters. The van der Waals surface area contributed by atoms with Gasteiger partial charge >= 0.3 is 0 Å². The first kappa shape index (κ1) is 22.5. The van der Waals surface area contributed by atoms with Crippen molar-refractivity contribution in [3.05, 3.63) is 59.5 Å². The standard InChI is InChI=1S/C24H28FN3O3/c1-5-28(6-2)11-12-31-23-15-18(8-10-22(23)30-4)27-24(29)20-13-16(3)26-21-14-17(25)7-9-19(20)21/h7-10,13-15H,5-6,11-12H2,1-4H3,(H,27,29). The molecule has 7 heteroatoms. The molecule has 1 heterocycles. The molecule has 1 aromatic heterocycles. The van der Waals surface area contributed by atoms with Crippen LogP contribution in [0, 0.1) is 12.7 Å². The Labute approximate surface area is 182 Å². The molecule has 6 nitrogen and oxygen atoms in total. The van der Waals surface area contributed by atoms with Gasteiger partial charge in [0.25, 0.3) is 5.91 Å². The van der Waals surface area contributed by atoms with Crippen LogP contribution in [0.4, 0.5) is 10.1 Å². The molecule has 1 amide bonds. The fourth-order valence-corrected chi connectivity index (χ4v) is 3.41. The normalized spacial score (nSPS) is 11.0. The number of hydrogen-bond donors (Lipinski definition) is 1. The number of aromatic nitrogens is 1. The Morgan fingerprint density at radius 1 is 1.10 bits per heavy atom. The van der Waals surface area contributed by atoms with Crippen molar-refractivity contribution < 1.29 is 18.7 Å². The summed E-state index contributed by atoms with van der Waals surface area (Å²) in [5, 5.41) is 3.49. The Bertz CT molecular complexity index is 1060. The van der Waals surface area contributed by atoms with Crippen LogP contribution in [0.5, 0.6) is 11.5 Å². The molecule has 0 aliphatic heterocycles. The van der Waals surface area contributed by atoms with E-state index in [-0.39, 0.29) is 5.91 Å². The molecule has 0 saturated heterocycles. The zero-order valence-corrected chi connectivity index (χ0v) is 18.4. The van der Waals surface area contributed by atoms with Crippen molar-refractivity contribution in [1.82, 2.24) is 9.88 Å². The molecule has 0 aliphatic rings. The van der Waals surface area contributed by atoms with Crippen LogP contribution in [-0.4, -0.2) is 49.1 Å². The summed E-state index contributed by atoms with van der Waals surface area (Å²) >= 11 is 0. The summed E-state index contributed by atoms with van der Waals surface area (Å²) in [6.07, 6.45) is 0. The maximum atomic E-state index is 13.6. The van der Waals surface area contributed by atoms with Crippen molar-refractivity contribution in [3.63, 3.8) is 0 Å². The van der Waals surface area contributed by atoms with Crippen molar-refractivity contribution in [2.24, 2.45) is 0 Å². The van der Waals surface area contributed by atoms with Gasteiger partial charge < -0.3 is 19.7 Å². The number of carbonyl (C=O) groups is 1. The maximum absolute atomic E-state index is 13.6. The summed E-state index contributed by atoms with van der Waals surface area (Å²) in [6, 6.07) is 11.2. The third-order valence-corrected chi connectivity index (χ3v) is 5.13. The fourth-order valence-electron chi connectivity index (χ4n) is 3.41. The number of fused-ring (bicyclic) bond motifs is 1. The minimum absolute atomic E-state index is 0.304. The highest BCUT2D eigenvalue weighted by Crippen LogP contribution is 2.31. The van der Waals surface area contributed by atoms with Crippen molar-refractivity contribution in [2.45, 2.75) is 20.8 Å². The van der Waals surface area contributed by atoms with Gasteiger partial charge in [0.1, 0.15) is 12.4 Å². The van der Waals surface area contributed by atoms with E-state index in [4.69, 9.17) is 9.47 Å². The van der Waals surface area contributed by atoms with Crippen LogP contribution in [0.1, 0.15) is 29.9 Å². The highest BCUT2D eigenvalue weighted by atomic mass is 19.1. The maximum Gasteiger partial charge on any atom is 0.256 e. The minimum Gasteiger partial charge on any atom is -0.493 e. The average Bonchev–Trinajstić information content (AvgIpc) is 2.76. The number of halogens is 1. The Kier molecular flexibility index (Phi) is 7.41. The van der Waals surface area contributed by atoms with E-state index in [9.17, 15) is 9.18 Å². The number of likely N-dealkylation sites (N-methyl/N-ethyl adjacent to an activating group) is 1. The minimum atomic E-state index is -0.390. The van der Waals surface area contributed by atoms with E-state index >= 15 is 0 Å². The van der Waals surface area contributed by atoms with Gasteiger partial charge in [-0.3, -0.25) is 9.78 Å². The van der Waals surface area contributed by atoms with Crippen LogP contribution in [0.25, 0.3) is 10.9 Å². The summed E-state index contributed by atoms with van der Waals surface area (Å²) in [4.78, 5) is 19.6. The first-order valence-electron chi connectivity index (χ1n) is 10.4. The molecule has 3 aromatic rings. The largest absolute Gasteiger partial charge is 0.493 e. The second kappa shape index (κ2) is 10.2. The second-order valence-corrected chi connectivity index (χ2v) is 7.17. The number of pyridine rings is 1. The number of carbonyl (C=O) groups excluding carboxylic acids is 1. The van der Waals surface area contributed by atoms with Gasteiger partial charge in [0.15, 0.2) is 11.5 Å². The molecule has 0 aliphatic carbocycles. The van der Waals surface area contributed by atoms with Crippen LogP contribution < -0.4 is 14.8 Å². The van der Waals surface area contributed by atoms with Gasteiger partial charge in [-0.15, -0.1) is 0 Å². The Morgan fingerprint density at radius 2 is 1.87 bits per heavy atom. The van der Waals surface area contributed by atoms with Crippen LogP contribution in [-0.2, 0) is 0 Å². The Balaban J connectivity index is 1.81. The predicted molar refractivity (Wildman–Crippen MR) is 121 cm³/mol. The molecule has 1 N–H and O–H groups in total. The monoisotopic (exact) mass is 425 g/mol. The van der Waals surface area contributed by atoms with Gasteiger partial charge in [-0.1, -0.05) is 13.8 Å². The van der Waals surface area contributed by atoms with Crippen molar-refractivity contribution in [3.8, 4) is 11.5 Å². The molecule has 164 valence electrons. The van der Waals surface area contributed by atoms with E-state index in [0.717, 1.165) is 19.6 Å². The summed E-state index contributed by atoms with van der Waals surface area (Å²) in [6.45, 7) is 9.21. The zero-order chi connectivity index (χ0) is 22.4. The number of benzene rings is 2. The number of methoxy groups -OCH3 is 1. The highest BCUT2D eigenvalue weighted by molar-refractivity contribution is 6.12. The number of nitrogens with zero attached hydrogens (tertiary/aromatic N) is 2. The van der Waals surface area contributed by atoms with Crippen LogP contribution in [0.15, 0.2) is 42.5 Å². The van der Waals surface area contributed by atoms with E-state index in [1.165, 1.54) is 12.1 Å². The van der Waals surface area contributed by atoms with Gasteiger partial charge in [-0.2, -0.15) is 0 Å². The molecule has 0 radical (unpaired) electrons. The molecule has 31 heavy (non-hydrogen) atoms. The van der Waals surface area contributed by atoms with Crippen LogP contribution in [0.3, 0.4) is 0 Å². The number of hydrogen-bond acceptors (Lipinski definition) is 5. The summed E-state index contributed by atoms with van der Waals surface area (Å²) < 4.78 is 24.9. The molecule has 3 rings (SSSR count). The molecule has 2 aromatic carbocycles. The molecule has 0 fully saturated rings. The van der Waals surface area contributed by atoms with E-state index in [2.05, 4.69) is 29.0 Å². The first-order valence-corrected chi connectivity index (χ1v) is 10.4. The Morgan fingerprint density at radius 3 is 2.58 bits per heavy atom. The number of nitrogens with one attached hydrogen (secondary N) is 1. The van der Waals surface area contributed by atoms with Crippen LogP contribution >= 0.6 is 0 Å². The van der Waals surface area contributed by atoms with Gasteiger partial charge in [0.2, 0.25) is 0 Å². The highest BCUT2D eigenvalue weighted by Gasteiger charge is 2.15.